The van der Waals surface area contributed by atoms with Crippen molar-refractivity contribution in [2.75, 3.05) is 6.54 Å². The highest BCUT2D eigenvalue weighted by Gasteiger charge is 2.29. The highest BCUT2D eigenvalue weighted by atomic mass is 79.9. The van der Waals surface area contributed by atoms with Crippen LogP contribution in [0.4, 0.5) is 0 Å². The maximum absolute atomic E-state index is 12.1. The molecule has 9 heteroatoms. The Kier molecular flexibility index (Phi) is 4.45. The van der Waals surface area contributed by atoms with Gasteiger partial charge in [-0.15, -0.1) is 5.10 Å². The van der Waals surface area contributed by atoms with Gasteiger partial charge in [0.25, 0.3) is 10.0 Å². The number of aryl methyl sites for hydroxylation is 1. The molecule has 1 aromatic heterocycles. The summed E-state index contributed by atoms with van der Waals surface area (Å²) in [5.41, 5.74) is 0. The van der Waals surface area contributed by atoms with Crippen LogP contribution < -0.4 is 4.72 Å². The van der Waals surface area contributed by atoms with Crippen molar-refractivity contribution in [2.45, 2.75) is 29.1 Å². The Hall–Kier alpha value is 0.01000. The first kappa shape index (κ1) is 14.4. The molecule has 2 rings (SSSR count). The third kappa shape index (κ3) is 2.94. The van der Waals surface area contributed by atoms with E-state index in [2.05, 4.69) is 46.9 Å². The highest BCUT2D eigenvalue weighted by Crippen LogP contribution is 2.31. The van der Waals surface area contributed by atoms with Gasteiger partial charge in [0.1, 0.15) is 0 Å². The fraction of sp³-hybridized carbons (Fsp3) is 0.778. The van der Waals surface area contributed by atoms with Crippen molar-refractivity contribution in [3.8, 4) is 0 Å². The van der Waals surface area contributed by atoms with Crippen LogP contribution in [0.3, 0.4) is 0 Å². The number of alkyl halides is 1. The third-order valence-corrected chi connectivity index (χ3v) is 6.61. The van der Waals surface area contributed by atoms with E-state index in [9.17, 15) is 8.42 Å². The number of aromatic nitrogens is 3. The normalized spacial score (nSPS) is 24.6. The van der Waals surface area contributed by atoms with Gasteiger partial charge in [0.2, 0.25) is 5.03 Å². The molecule has 18 heavy (non-hydrogen) atoms. The van der Waals surface area contributed by atoms with Gasteiger partial charge >= 0.3 is 0 Å². The molecule has 0 amide bonds. The fourth-order valence-corrected chi connectivity index (χ4v) is 5.07. The second-order valence-electron chi connectivity index (χ2n) is 4.37. The van der Waals surface area contributed by atoms with Crippen molar-refractivity contribution in [3.05, 3.63) is 4.60 Å². The number of rotatable bonds is 4. The Morgan fingerprint density at radius 3 is 2.72 bits per heavy atom. The quantitative estimate of drug-likeness (QED) is 0.774. The van der Waals surface area contributed by atoms with Crippen molar-refractivity contribution < 1.29 is 8.42 Å². The average Bonchev–Trinajstić information content (AvgIpc) is 2.83. The minimum absolute atomic E-state index is 0.0617. The third-order valence-electron chi connectivity index (χ3n) is 3.09. The van der Waals surface area contributed by atoms with Gasteiger partial charge in [0, 0.05) is 18.4 Å². The summed E-state index contributed by atoms with van der Waals surface area (Å²) < 4.78 is 28.4. The zero-order valence-corrected chi connectivity index (χ0v) is 13.8. The van der Waals surface area contributed by atoms with Crippen molar-refractivity contribution in [2.24, 2.45) is 13.0 Å². The molecule has 6 nitrogen and oxygen atoms in total. The first-order valence-electron chi connectivity index (χ1n) is 5.60. The lowest BCUT2D eigenvalue weighted by atomic mass is 10.1. The minimum Gasteiger partial charge on any atom is -0.235 e. The largest absolute Gasteiger partial charge is 0.260 e. The number of nitrogens with zero attached hydrogens (tertiary/aromatic N) is 3. The van der Waals surface area contributed by atoms with E-state index in [1.165, 1.54) is 4.68 Å². The Balaban J connectivity index is 2.08. The van der Waals surface area contributed by atoms with E-state index in [0.717, 1.165) is 19.3 Å². The predicted molar refractivity (Wildman–Crippen MR) is 73.9 cm³/mol. The summed E-state index contributed by atoms with van der Waals surface area (Å²) in [6, 6.07) is 0. The van der Waals surface area contributed by atoms with Gasteiger partial charge in [0.05, 0.1) is 0 Å². The molecule has 0 saturated heterocycles. The minimum atomic E-state index is -3.57. The van der Waals surface area contributed by atoms with Crippen LogP contribution in [0.15, 0.2) is 9.63 Å². The van der Waals surface area contributed by atoms with Crippen LogP contribution in [-0.4, -0.2) is 34.8 Å². The van der Waals surface area contributed by atoms with Crippen molar-refractivity contribution in [3.63, 3.8) is 0 Å². The standard InChI is InChI=1S/C9H14Br2N4O2S/c1-15-9(8(11)13-14-15)18(16,17)12-5-6-3-2-4-7(6)10/h6-7,12H,2-5H2,1H3. The van der Waals surface area contributed by atoms with E-state index in [0.29, 0.717) is 17.3 Å². The summed E-state index contributed by atoms with van der Waals surface area (Å²) in [7, 11) is -2.02. The van der Waals surface area contributed by atoms with Gasteiger partial charge in [0.15, 0.2) is 4.60 Å². The SMILES string of the molecule is Cn1nnc(Br)c1S(=O)(=O)NCC1CCCC1Br. The summed E-state index contributed by atoms with van der Waals surface area (Å²) in [5.74, 6) is 0.347. The van der Waals surface area contributed by atoms with Crippen LogP contribution in [0.1, 0.15) is 19.3 Å². The highest BCUT2D eigenvalue weighted by molar-refractivity contribution is 9.10. The Morgan fingerprint density at radius 2 is 2.22 bits per heavy atom. The summed E-state index contributed by atoms with van der Waals surface area (Å²) in [5, 5.41) is 7.41. The van der Waals surface area contributed by atoms with Crippen LogP contribution in [0.2, 0.25) is 0 Å². The van der Waals surface area contributed by atoms with Crippen LogP contribution in [0, 0.1) is 5.92 Å². The molecule has 1 aromatic rings. The molecular formula is C9H14Br2N4O2S. The van der Waals surface area contributed by atoms with Crippen LogP contribution >= 0.6 is 31.9 Å². The van der Waals surface area contributed by atoms with Gasteiger partial charge in [-0.3, -0.25) is 0 Å². The molecule has 2 atom stereocenters. The lowest BCUT2D eigenvalue weighted by Gasteiger charge is -2.14. The predicted octanol–water partition coefficient (Wildman–Crippen LogP) is 1.42. The molecule has 1 heterocycles. The second-order valence-corrected chi connectivity index (χ2v) is 7.98. The van der Waals surface area contributed by atoms with Crippen LogP contribution in [-0.2, 0) is 17.1 Å². The zero-order valence-electron chi connectivity index (χ0n) is 9.81. The maximum Gasteiger partial charge on any atom is 0.260 e. The van der Waals surface area contributed by atoms with E-state index in [1.807, 2.05) is 0 Å². The maximum atomic E-state index is 12.1. The molecule has 2 unspecified atom stereocenters. The molecule has 1 aliphatic rings. The van der Waals surface area contributed by atoms with Crippen molar-refractivity contribution >= 4 is 41.9 Å². The van der Waals surface area contributed by atoms with Gasteiger partial charge in [-0.05, 0) is 34.7 Å². The van der Waals surface area contributed by atoms with Gasteiger partial charge in [-0.1, -0.05) is 27.6 Å². The van der Waals surface area contributed by atoms with Crippen molar-refractivity contribution in [1.82, 2.24) is 19.7 Å². The van der Waals surface area contributed by atoms with E-state index < -0.39 is 10.0 Å². The first-order valence-corrected chi connectivity index (χ1v) is 8.80. The molecule has 1 fully saturated rings. The zero-order chi connectivity index (χ0) is 13.3. The second kappa shape index (κ2) is 5.56. The first-order chi connectivity index (χ1) is 8.42. The topological polar surface area (TPSA) is 76.9 Å². The molecule has 0 radical (unpaired) electrons. The number of halogens is 2. The number of nitrogens with one attached hydrogen (secondary N) is 1. The van der Waals surface area contributed by atoms with E-state index in [4.69, 9.17) is 0 Å². The molecule has 0 aromatic carbocycles. The van der Waals surface area contributed by atoms with Gasteiger partial charge in [-0.2, -0.15) is 0 Å². The van der Waals surface area contributed by atoms with Gasteiger partial charge < -0.3 is 0 Å². The lowest BCUT2D eigenvalue weighted by Crippen LogP contribution is -2.32. The summed E-state index contributed by atoms with van der Waals surface area (Å²) in [6.45, 7) is 0.440. The van der Waals surface area contributed by atoms with Crippen molar-refractivity contribution in [1.29, 1.82) is 0 Å². The molecule has 102 valence electrons. The summed E-state index contributed by atoms with van der Waals surface area (Å²) in [4.78, 5) is 0.397. The smallest absolute Gasteiger partial charge is 0.235 e. The fourth-order valence-electron chi connectivity index (χ4n) is 2.11. The number of sulfonamides is 1. The van der Waals surface area contributed by atoms with E-state index >= 15 is 0 Å². The van der Waals surface area contributed by atoms with Crippen LogP contribution in [0.5, 0.6) is 0 Å². The van der Waals surface area contributed by atoms with E-state index in [-0.39, 0.29) is 9.63 Å². The number of hydrogen-bond acceptors (Lipinski definition) is 4. The Bertz CT molecular complexity index is 511. The molecule has 0 spiro atoms. The molecule has 0 aliphatic heterocycles. The molecule has 1 N–H and O–H groups in total. The summed E-state index contributed by atoms with van der Waals surface area (Å²) >= 11 is 6.67. The Labute approximate surface area is 123 Å². The van der Waals surface area contributed by atoms with Crippen LogP contribution in [0.25, 0.3) is 0 Å². The molecular weight excluding hydrogens is 388 g/mol. The van der Waals surface area contributed by atoms with E-state index in [1.54, 1.807) is 7.05 Å². The molecule has 0 bridgehead atoms. The Morgan fingerprint density at radius 1 is 1.50 bits per heavy atom. The monoisotopic (exact) mass is 400 g/mol. The molecule has 1 saturated carbocycles. The number of hydrogen-bond donors (Lipinski definition) is 1. The average molecular weight is 402 g/mol. The summed E-state index contributed by atoms with van der Waals surface area (Å²) in [6.07, 6.45) is 3.28. The molecule has 1 aliphatic carbocycles. The lowest BCUT2D eigenvalue weighted by molar-refractivity contribution is 0.521. The van der Waals surface area contributed by atoms with Gasteiger partial charge in [-0.25, -0.2) is 17.8 Å².